The molecule has 0 radical (unpaired) electrons. The van der Waals surface area contributed by atoms with Gasteiger partial charge in [0, 0.05) is 13.5 Å². The summed E-state index contributed by atoms with van der Waals surface area (Å²) in [4.78, 5) is 36.0. The quantitative estimate of drug-likeness (QED) is 0.240. The van der Waals surface area contributed by atoms with Crippen LogP contribution in [0.25, 0.3) is 0 Å². The number of hydrogen-bond acceptors (Lipinski definition) is 8. The molecule has 26 heavy (non-hydrogen) atoms. The van der Waals surface area contributed by atoms with Crippen molar-refractivity contribution in [3.05, 3.63) is 11.6 Å². The maximum absolute atomic E-state index is 12.6. The Balaban J connectivity index is 2.37. The summed E-state index contributed by atoms with van der Waals surface area (Å²) >= 11 is 0. The minimum atomic E-state index is -2.40. The average Bonchev–Trinajstić information content (AvgIpc) is 2.55. The van der Waals surface area contributed by atoms with Crippen molar-refractivity contribution in [1.82, 2.24) is 16.0 Å². The number of piperazine rings is 1. The standard InChI is InChI=1S/C15H23N3O8/c1-8(20)16-5-3-9-4-6-26-15(10(21)13(2,24)7-19)12(23)17-14(9,25)11(22)18-15/h3,10,19,21,24-25H,4-7H2,1-2H3,(H,16,20)(H,17,23)(H,18,22)/b9-3+/t10-,13-,14+,15-/m0/s1. The predicted octanol–water partition coefficient (Wildman–Crippen LogP) is -3.80. The lowest BCUT2D eigenvalue weighted by Gasteiger charge is -2.50. The van der Waals surface area contributed by atoms with Crippen molar-refractivity contribution in [3.8, 4) is 0 Å². The second kappa shape index (κ2) is 6.93. The van der Waals surface area contributed by atoms with Gasteiger partial charge < -0.3 is 41.1 Å². The highest BCUT2D eigenvalue weighted by Gasteiger charge is 2.63. The molecule has 4 atom stereocenters. The third-order valence-electron chi connectivity index (χ3n) is 4.42. The van der Waals surface area contributed by atoms with E-state index in [1.54, 1.807) is 0 Å². The van der Waals surface area contributed by atoms with Crippen molar-refractivity contribution in [2.75, 3.05) is 19.8 Å². The molecular weight excluding hydrogens is 350 g/mol. The highest BCUT2D eigenvalue weighted by molar-refractivity contribution is 6.03. The van der Waals surface area contributed by atoms with Gasteiger partial charge in [-0.15, -0.1) is 0 Å². The molecule has 0 aromatic rings. The van der Waals surface area contributed by atoms with Crippen molar-refractivity contribution in [2.45, 2.75) is 43.4 Å². The molecule has 2 bridgehead atoms. The lowest BCUT2D eigenvalue weighted by Crippen LogP contribution is -2.82. The zero-order chi connectivity index (χ0) is 19.8. The van der Waals surface area contributed by atoms with Gasteiger partial charge in [0.25, 0.3) is 17.5 Å². The fraction of sp³-hybridized carbons (Fsp3) is 0.667. The highest BCUT2D eigenvalue weighted by atomic mass is 16.5. The third-order valence-corrected chi connectivity index (χ3v) is 4.42. The number of nitrogens with one attached hydrogen (secondary N) is 3. The zero-order valence-corrected chi connectivity index (χ0v) is 14.4. The fourth-order valence-electron chi connectivity index (χ4n) is 2.82. The molecule has 3 rings (SSSR count). The van der Waals surface area contributed by atoms with Crippen molar-refractivity contribution in [3.63, 3.8) is 0 Å². The Labute approximate surface area is 149 Å². The molecule has 0 spiro atoms. The molecular formula is C15H23N3O8. The number of rotatable bonds is 5. The number of aliphatic hydroxyl groups excluding tert-OH is 2. The Kier molecular flexibility index (Phi) is 5.40. The molecule has 3 aliphatic rings. The highest BCUT2D eigenvalue weighted by Crippen LogP contribution is 2.33. The van der Waals surface area contributed by atoms with E-state index in [9.17, 15) is 34.8 Å². The molecule has 11 nitrogen and oxygen atoms in total. The van der Waals surface area contributed by atoms with Crippen LogP contribution in [0.4, 0.5) is 0 Å². The topological polar surface area (TPSA) is 177 Å². The largest absolute Gasteiger partial charge is 0.393 e. The number of carbonyl (C=O) groups is 3. The normalized spacial score (nSPS) is 33.5. The molecule has 3 amide bonds. The van der Waals surface area contributed by atoms with E-state index in [1.807, 2.05) is 0 Å². The lowest BCUT2D eigenvalue weighted by atomic mass is 9.84. The van der Waals surface area contributed by atoms with Crippen LogP contribution in [0.15, 0.2) is 11.6 Å². The molecule has 3 fully saturated rings. The first kappa shape index (κ1) is 20.3. The molecule has 0 saturated carbocycles. The number of ether oxygens (including phenoxy) is 1. The van der Waals surface area contributed by atoms with Crippen molar-refractivity contribution < 1.29 is 39.5 Å². The molecule has 0 aliphatic carbocycles. The van der Waals surface area contributed by atoms with Crippen LogP contribution < -0.4 is 16.0 Å². The third kappa shape index (κ3) is 3.31. The summed E-state index contributed by atoms with van der Waals surface area (Å²) in [5.74, 6) is -2.49. The van der Waals surface area contributed by atoms with Gasteiger partial charge in [0.2, 0.25) is 11.6 Å². The van der Waals surface area contributed by atoms with Gasteiger partial charge in [-0.25, -0.2) is 0 Å². The number of carbonyl (C=O) groups excluding carboxylic acids is 3. The number of aliphatic hydroxyl groups is 4. The van der Waals surface area contributed by atoms with Gasteiger partial charge in [-0.2, -0.15) is 0 Å². The van der Waals surface area contributed by atoms with Gasteiger partial charge in [0.05, 0.1) is 13.2 Å². The Hall–Kier alpha value is -2.05. The van der Waals surface area contributed by atoms with E-state index in [-0.39, 0.29) is 31.1 Å². The van der Waals surface area contributed by atoms with E-state index < -0.39 is 41.6 Å². The minimum Gasteiger partial charge on any atom is -0.393 e. The summed E-state index contributed by atoms with van der Waals surface area (Å²) in [6.07, 6.45) is -0.638. The van der Waals surface area contributed by atoms with Crippen LogP contribution in [-0.4, -0.2) is 81.1 Å². The zero-order valence-electron chi connectivity index (χ0n) is 14.4. The molecule has 0 aromatic heterocycles. The Bertz CT molecular complexity index is 649. The van der Waals surface area contributed by atoms with Crippen LogP contribution in [0.5, 0.6) is 0 Å². The Morgan fingerprint density at radius 1 is 1.42 bits per heavy atom. The molecule has 3 aliphatic heterocycles. The summed E-state index contributed by atoms with van der Waals surface area (Å²) in [6.45, 7) is 1.28. The van der Waals surface area contributed by atoms with Gasteiger partial charge in [-0.1, -0.05) is 6.08 Å². The van der Waals surface area contributed by atoms with E-state index in [1.165, 1.54) is 13.0 Å². The van der Waals surface area contributed by atoms with Crippen LogP contribution in [0.3, 0.4) is 0 Å². The predicted molar refractivity (Wildman–Crippen MR) is 85.0 cm³/mol. The second-order valence-corrected chi connectivity index (χ2v) is 6.54. The van der Waals surface area contributed by atoms with Gasteiger partial charge in [0.1, 0.15) is 11.7 Å². The maximum Gasteiger partial charge on any atom is 0.280 e. The van der Waals surface area contributed by atoms with Crippen LogP contribution in [0.1, 0.15) is 20.3 Å². The minimum absolute atomic E-state index is 0.000474. The summed E-state index contributed by atoms with van der Waals surface area (Å²) < 4.78 is 5.39. The number of fused-ring (bicyclic) bond motifs is 5. The van der Waals surface area contributed by atoms with E-state index in [0.717, 1.165) is 6.92 Å². The average molecular weight is 373 g/mol. The van der Waals surface area contributed by atoms with Crippen LogP contribution in [-0.2, 0) is 19.1 Å². The molecule has 0 unspecified atom stereocenters. The monoisotopic (exact) mass is 373 g/mol. The number of amides is 3. The van der Waals surface area contributed by atoms with Crippen molar-refractivity contribution in [2.24, 2.45) is 0 Å². The summed E-state index contributed by atoms with van der Waals surface area (Å²) in [6, 6.07) is 0. The smallest absolute Gasteiger partial charge is 0.280 e. The fourth-order valence-corrected chi connectivity index (χ4v) is 2.82. The van der Waals surface area contributed by atoms with Crippen LogP contribution in [0, 0.1) is 0 Å². The first-order chi connectivity index (χ1) is 12.0. The van der Waals surface area contributed by atoms with Gasteiger partial charge in [-0.3, -0.25) is 14.4 Å². The molecule has 146 valence electrons. The van der Waals surface area contributed by atoms with E-state index in [2.05, 4.69) is 16.0 Å². The molecule has 0 aromatic carbocycles. The van der Waals surface area contributed by atoms with E-state index in [4.69, 9.17) is 4.74 Å². The van der Waals surface area contributed by atoms with Gasteiger partial charge in [0.15, 0.2) is 0 Å². The van der Waals surface area contributed by atoms with Crippen molar-refractivity contribution in [1.29, 1.82) is 0 Å². The Morgan fingerprint density at radius 2 is 2.08 bits per heavy atom. The summed E-state index contributed by atoms with van der Waals surface area (Å²) in [7, 11) is 0. The first-order valence-electron chi connectivity index (χ1n) is 7.96. The summed E-state index contributed by atoms with van der Waals surface area (Å²) in [5, 5.41) is 47.0. The van der Waals surface area contributed by atoms with Gasteiger partial charge in [-0.05, 0) is 18.9 Å². The Morgan fingerprint density at radius 3 is 2.65 bits per heavy atom. The van der Waals surface area contributed by atoms with E-state index >= 15 is 0 Å². The van der Waals surface area contributed by atoms with Crippen molar-refractivity contribution >= 4 is 17.7 Å². The number of hydrogen-bond donors (Lipinski definition) is 7. The lowest BCUT2D eigenvalue weighted by molar-refractivity contribution is -0.230. The molecule has 3 saturated heterocycles. The second-order valence-electron chi connectivity index (χ2n) is 6.54. The molecule has 11 heteroatoms. The van der Waals surface area contributed by atoms with Gasteiger partial charge >= 0.3 is 0 Å². The maximum atomic E-state index is 12.6. The van der Waals surface area contributed by atoms with E-state index in [0.29, 0.717) is 0 Å². The molecule has 7 N–H and O–H groups in total. The SMILES string of the molecule is CC(=O)NC/C=C1\CCO[C@]2([C@@H](O)[C@@](C)(O)CO)NC(=O)[C@@]1(O)NC2=O. The van der Waals surface area contributed by atoms with Crippen LogP contribution >= 0.6 is 0 Å². The first-order valence-corrected chi connectivity index (χ1v) is 7.96. The summed E-state index contributed by atoms with van der Waals surface area (Å²) in [5.41, 5.74) is -6.84. The van der Waals surface area contributed by atoms with Crippen LogP contribution in [0.2, 0.25) is 0 Å². The molecule has 3 heterocycles.